The smallest absolute Gasteiger partial charge is 0.260 e. The van der Waals surface area contributed by atoms with Crippen LogP contribution in [0.25, 0.3) is 89.0 Å². The molecule has 0 N–H and O–H groups in total. The second kappa shape index (κ2) is 25.9. The molecule has 0 saturated heterocycles. The molecule has 2 aliphatic heterocycles. The van der Waals surface area contributed by atoms with Crippen LogP contribution in [0.5, 0.6) is 46.0 Å². The molecule has 0 radical (unpaired) electrons. The maximum absolute atomic E-state index is 6.99. The van der Waals surface area contributed by atoms with Crippen molar-refractivity contribution < 1.29 is 18.9 Å². The summed E-state index contributed by atoms with van der Waals surface area (Å²) in [7, 11) is 0. The highest BCUT2D eigenvalue weighted by Crippen LogP contribution is 2.52. The number of benzene rings is 14. The predicted molar refractivity (Wildman–Crippen MR) is 382 cm³/mol. The zero-order valence-corrected chi connectivity index (χ0v) is 50.5. The molecule has 0 saturated carbocycles. The third-order valence-electron chi connectivity index (χ3n) is 16.7. The Hall–Kier alpha value is -11.2. The molecular weight excluding hydrogens is 1180 g/mol. The van der Waals surface area contributed by atoms with Crippen LogP contribution >= 0.6 is 15.9 Å². The lowest BCUT2D eigenvalue weighted by Crippen LogP contribution is -2.57. The molecule has 2 aliphatic rings. The van der Waals surface area contributed by atoms with E-state index in [1.165, 1.54) is 0 Å². The Morgan fingerprint density at radius 3 is 0.857 bits per heavy atom. The number of rotatable bonds is 12. The van der Waals surface area contributed by atoms with Crippen LogP contribution in [-0.2, 0) is 0 Å². The first-order valence-corrected chi connectivity index (χ1v) is 31.0. The Bertz CT molecular complexity index is 4560. The minimum Gasteiger partial charge on any atom is -0.458 e. The van der Waals surface area contributed by atoms with Gasteiger partial charge in [-0.15, -0.1) is 0 Å². The van der Waals surface area contributed by atoms with Crippen LogP contribution in [0.15, 0.2) is 344 Å². The van der Waals surface area contributed by atoms with Gasteiger partial charge in [0.1, 0.15) is 39.0 Å². The topological polar surface area (TPSA) is 36.9 Å². The van der Waals surface area contributed by atoms with Crippen molar-refractivity contribution in [3.8, 4) is 135 Å². The molecule has 0 spiro atoms. The lowest BCUT2D eigenvalue weighted by molar-refractivity contribution is 0.457. The average Bonchev–Trinajstić information content (AvgIpc) is 0.730. The predicted octanol–water partition coefficient (Wildman–Crippen LogP) is 22.4. The Kier molecular flexibility index (Phi) is 16.4. The van der Waals surface area contributed by atoms with Gasteiger partial charge in [0.2, 0.25) is 0 Å². The van der Waals surface area contributed by atoms with E-state index in [4.69, 9.17) is 18.9 Å². The van der Waals surface area contributed by atoms with Crippen molar-refractivity contribution in [1.29, 1.82) is 0 Å². The Balaban J connectivity index is 0.000000157. The van der Waals surface area contributed by atoms with Crippen molar-refractivity contribution in [3.05, 3.63) is 344 Å². The van der Waals surface area contributed by atoms with Gasteiger partial charge >= 0.3 is 0 Å². The summed E-state index contributed by atoms with van der Waals surface area (Å²) in [6.45, 7) is -0.0525. The fraction of sp³-hybridized carbons (Fsp3) is 0.0118. The highest BCUT2D eigenvalue weighted by molar-refractivity contribution is 9.10. The summed E-state index contributed by atoms with van der Waals surface area (Å²) >= 11 is 3.97. The molecule has 16 rings (SSSR count). The molecule has 0 fully saturated rings. The van der Waals surface area contributed by atoms with Crippen LogP contribution in [0.4, 0.5) is 0 Å². The van der Waals surface area contributed by atoms with E-state index >= 15 is 0 Å². The van der Waals surface area contributed by atoms with Crippen molar-refractivity contribution in [3.63, 3.8) is 0 Å². The van der Waals surface area contributed by atoms with Crippen molar-refractivity contribution in [2.75, 3.05) is 0 Å². The van der Waals surface area contributed by atoms with Crippen LogP contribution in [0, 0.1) is 0 Å². The molecule has 4 nitrogen and oxygen atoms in total. The van der Waals surface area contributed by atoms with Gasteiger partial charge in [0, 0.05) is 27.7 Å². The number of fused-ring (bicyclic) bond motifs is 4. The summed E-state index contributed by atoms with van der Waals surface area (Å²) in [6, 6.07) is 118. The lowest BCUT2D eigenvalue weighted by Gasteiger charge is -2.35. The molecule has 2 heterocycles. The zero-order chi connectivity index (χ0) is 60.2. The van der Waals surface area contributed by atoms with Crippen molar-refractivity contribution >= 4 is 39.0 Å². The maximum atomic E-state index is 6.99. The van der Waals surface area contributed by atoms with E-state index < -0.39 is 0 Å². The first-order valence-electron chi connectivity index (χ1n) is 30.2. The van der Waals surface area contributed by atoms with Gasteiger partial charge in [0.15, 0.2) is 11.5 Å². The molecular formula is C85H60BBrO4. The summed E-state index contributed by atoms with van der Waals surface area (Å²) in [4.78, 5) is 0. The fourth-order valence-electron chi connectivity index (χ4n) is 12.3. The zero-order valence-electron chi connectivity index (χ0n) is 48.9. The quantitative estimate of drug-likeness (QED) is 0.114. The third-order valence-corrected chi connectivity index (χ3v) is 17.4. The minimum absolute atomic E-state index is 0. The van der Waals surface area contributed by atoms with Gasteiger partial charge in [0.05, 0.1) is 0 Å². The SMILES string of the molecule is Brc1c(Oc2cccc(-c3ccccc3)c2)c(-c2ccccc2)cc(-c2ccccc2)c1Oc1cccc(-c2ccccc2)c1.C.c1ccc(-c2ccc3c(c2)Oc2c(-c4ccccc4)cc(-c4ccccc4)c4c2B3c2ccc(-c3ccccc3)cc2O4)cc1. The molecule has 0 aliphatic carbocycles. The number of hydrogen-bond acceptors (Lipinski definition) is 4. The third kappa shape index (κ3) is 11.8. The maximum Gasteiger partial charge on any atom is 0.260 e. The highest BCUT2D eigenvalue weighted by atomic mass is 79.9. The summed E-state index contributed by atoms with van der Waals surface area (Å²) < 4.78 is 28.3. The van der Waals surface area contributed by atoms with Crippen LogP contribution in [0.2, 0.25) is 0 Å². The Morgan fingerprint density at radius 2 is 0.527 bits per heavy atom. The molecule has 0 bridgehead atoms. The average molecular weight is 1240 g/mol. The lowest BCUT2D eigenvalue weighted by atomic mass is 9.34. The van der Waals surface area contributed by atoms with Crippen LogP contribution in [-0.4, -0.2) is 6.71 Å². The van der Waals surface area contributed by atoms with Crippen LogP contribution in [0.1, 0.15) is 7.43 Å². The molecule has 91 heavy (non-hydrogen) atoms. The highest BCUT2D eigenvalue weighted by Gasteiger charge is 2.43. The van der Waals surface area contributed by atoms with E-state index in [2.05, 4.69) is 259 Å². The fourth-order valence-corrected chi connectivity index (χ4v) is 12.9. The Morgan fingerprint density at radius 1 is 0.253 bits per heavy atom. The second-order valence-electron chi connectivity index (χ2n) is 22.3. The molecule has 0 amide bonds. The summed E-state index contributed by atoms with van der Waals surface area (Å²) in [5, 5.41) is 0. The monoisotopic (exact) mass is 1230 g/mol. The summed E-state index contributed by atoms with van der Waals surface area (Å²) in [5.41, 5.74) is 20.7. The van der Waals surface area contributed by atoms with Gasteiger partial charge in [-0.3, -0.25) is 0 Å². The van der Waals surface area contributed by atoms with Crippen molar-refractivity contribution in [2.45, 2.75) is 7.43 Å². The van der Waals surface area contributed by atoms with Gasteiger partial charge < -0.3 is 18.9 Å². The first kappa shape index (κ1) is 57.6. The molecule has 14 aromatic rings. The first-order chi connectivity index (χ1) is 44.5. The molecule has 0 atom stereocenters. The molecule has 0 unspecified atom stereocenters. The molecule has 14 aromatic carbocycles. The van der Waals surface area contributed by atoms with E-state index in [9.17, 15) is 0 Å². The molecule has 0 aromatic heterocycles. The number of ether oxygens (including phenoxy) is 4. The van der Waals surface area contributed by atoms with Crippen LogP contribution < -0.4 is 35.3 Å². The minimum atomic E-state index is -0.0525. The van der Waals surface area contributed by atoms with E-state index in [0.717, 1.165) is 144 Å². The van der Waals surface area contributed by atoms with Gasteiger partial charge in [0.25, 0.3) is 6.71 Å². The molecule has 6 heteroatoms. The van der Waals surface area contributed by atoms with E-state index in [1.807, 2.05) is 97.1 Å². The number of halogens is 1. The Labute approximate surface area is 541 Å². The van der Waals surface area contributed by atoms with E-state index in [0.29, 0.717) is 11.5 Å². The molecule has 434 valence electrons. The summed E-state index contributed by atoms with van der Waals surface area (Å²) in [6.07, 6.45) is 0. The largest absolute Gasteiger partial charge is 0.458 e. The van der Waals surface area contributed by atoms with Crippen molar-refractivity contribution in [2.24, 2.45) is 0 Å². The van der Waals surface area contributed by atoms with Gasteiger partial charge in [-0.05, 0) is 142 Å². The normalized spacial score (nSPS) is 11.4. The number of hydrogen-bond donors (Lipinski definition) is 0. The van der Waals surface area contributed by atoms with Gasteiger partial charge in [-0.2, -0.15) is 0 Å². The van der Waals surface area contributed by atoms with Crippen molar-refractivity contribution in [1.82, 2.24) is 0 Å². The van der Waals surface area contributed by atoms with E-state index in [-0.39, 0.29) is 14.1 Å². The van der Waals surface area contributed by atoms with Gasteiger partial charge in [-0.25, -0.2) is 0 Å². The van der Waals surface area contributed by atoms with Crippen LogP contribution in [0.3, 0.4) is 0 Å². The summed E-state index contributed by atoms with van der Waals surface area (Å²) in [5.74, 6) is 6.31. The second-order valence-corrected chi connectivity index (χ2v) is 23.1. The van der Waals surface area contributed by atoms with Gasteiger partial charge in [-0.1, -0.05) is 299 Å². The standard InChI is InChI=1S/C42H27BO2.C42H29BrO2.CH4/c1-5-13-28(14-6-1)32-21-23-36-38(25-32)44-41-34(30-17-9-3-10-18-30)27-35(31-19-11-4-12-20-31)42-40(41)43(36)37-24-22-33(26-39(37)45-42)29-15-7-2-8-16-29;43-40-41(44-36-25-13-23-34(27-36)30-15-5-1-6-16-30)38(32-19-9-3-10-20-32)29-39(33-21-11-4-12-22-33)42(40)45-37-26-14-24-35(28-37)31-17-7-2-8-18-31;/h1-27H;1-29H;1H4. The van der Waals surface area contributed by atoms with E-state index in [1.54, 1.807) is 0 Å².